The molecule has 5 N–H and O–H groups in total. The van der Waals surface area contributed by atoms with Gasteiger partial charge in [0.05, 0.1) is 17.8 Å². The largest absolute Gasteiger partial charge is 0.458 e. The highest BCUT2D eigenvalue weighted by Crippen LogP contribution is 2.70. The van der Waals surface area contributed by atoms with Crippen LogP contribution in [0, 0.1) is 34.5 Å². The number of fused-ring (bicyclic) bond motifs is 5. The quantitative estimate of drug-likeness (QED) is 0.266. The fourth-order valence-electron chi connectivity index (χ4n) is 9.91. The summed E-state index contributed by atoms with van der Waals surface area (Å²) in [5, 5.41) is 53.9. The number of carbonyl (C=O) groups is 1. The van der Waals surface area contributed by atoms with Gasteiger partial charge in [-0.2, -0.15) is 0 Å². The van der Waals surface area contributed by atoms with Crippen LogP contribution >= 0.6 is 0 Å². The first-order chi connectivity index (χ1) is 18.0. The third-order valence-electron chi connectivity index (χ3n) is 12.1. The molecule has 1 saturated heterocycles. The van der Waals surface area contributed by atoms with Crippen molar-refractivity contribution < 1.29 is 44.5 Å². The van der Waals surface area contributed by atoms with Crippen molar-refractivity contribution >= 4 is 5.97 Å². The number of esters is 1. The summed E-state index contributed by atoms with van der Waals surface area (Å²) in [5.41, 5.74) is -0.401. The molecule has 6 aliphatic rings. The molecule has 0 unspecified atom stereocenters. The summed E-state index contributed by atoms with van der Waals surface area (Å²) < 4.78 is 17.1. The fraction of sp³-hybridized carbons (Fsp3) is 0.897. The highest BCUT2D eigenvalue weighted by Gasteiger charge is 2.68. The van der Waals surface area contributed by atoms with Gasteiger partial charge in [-0.05, 0) is 99.4 Å². The number of cyclic esters (lactones) is 1. The van der Waals surface area contributed by atoms with E-state index in [1.807, 2.05) is 0 Å². The van der Waals surface area contributed by atoms with E-state index in [-0.39, 0.29) is 53.2 Å². The summed E-state index contributed by atoms with van der Waals surface area (Å²) in [5.74, 6) is 0.414. The number of hydrogen-bond acceptors (Lipinski definition) is 9. The first-order valence-electron chi connectivity index (χ1n) is 14.6. The third-order valence-corrected chi connectivity index (χ3v) is 12.1. The van der Waals surface area contributed by atoms with Crippen molar-refractivity contribution in [3.63, 3.8) is 0 Å². The molecule has 2 aliphatic heterocycles. The van der Waals surface area contributed by atoms with Crippen LogP contribution in [0.2, 0.25) is 0 Å². The third kappa shape index (κ3) is 3.80. The molecule has 4 saturated carbocycles. The van der Waals surface area contributed by atoms with E-state index in [1.165, 1.54) is 0 Å². The number of aliphatic hydroxyl groups is 5. The molecule has 9 heteroatoms. The Labute approximate surface area is 224 Å². The van der Waals surface area contributed by atoms with E-state index in [0.717, 1.165) is 50.5 Å². The molecule has 38 heavy (non-hydrogen) atoms. The van der Waals surface area contributed by atoms with Crippen molar-refractivity contribution in [2.24, 2.45) is 34.5 Å². The lowest BCUT2D eigenvalue weighted by Crippen LogP contribution is -2.64. The van der Waals surface area contributed by atoms with Crippen LogP contribution in [0.4, 0.5) is 0 Å². The van der Waals surface area contributed by atoms with E-state index in [1.54, 1.807) is 13.0 Å². The molecule has 0 aromatic carbocycles. The molecule has 2 heterocycles. The van der Waals surface area contributed by atoms with Gasteiger partial charge in [0.1, 0.15) is 24.9 Å². The van der Waals surface area contributed by atoms with Gasteiger partial charge in [0.2, 0.25) is 0 Å². The number of aliphatic hydroxyl groups excluding tert-OH is 4. The summed E-state index contributed by atoms with van der Waals surface area (Å²) in [7, 11) is 0. The smallest absolute Gasteiger partial charge is 0.331 e. The summed E-state index contributed by atoms with van der Waals surface area (Å²) in [6.07, 6.45) is 3.35. The maximum atomic E-state index is 12.4. The van der Waals surface area contributed by atoms with Gasteiger partial charge < -0.3 is 39.7 Å². The zero-order valence-electron chi connectivity index (χ0n) is 22.5. The zero-order chi connectivity index (χ0) is 27.0. The Hall–Kier alpha value is -1.07. The molecule has 0 aromatic rings. The van der Waals surface area contributed by atoms with Crippen LogP contribution in [0.15, 0.2) is 11.6 Å². The van der Waals surface area contributed by atoms with Gasteiger partial charge in [-0.25, -0.2) is 4.79 Å². The van der Waals surface area contributed by atoms with E-state index < -0.39 is 36.3 Å². The monoisotopic (exact) mass is 536 g/mol. The van der Waals surface area contributed by atoms with Gasteiger partial charge in [0, 0.05) is 18.1 Å². The Morgan fingerprint density at radius 1 is 1.00 bits per heavy atom. The first-order valence-corrected chi connectivity index (χ1v) is 14.6. The van der Waals surface area contributed by atoms with Gasteiger partial charge in [-0.1, -0.05) is 6.92 Å². The van der Waals surface area contributed by atoms with Crippen molar-refractivity contribution in [1.29, 1.82) is 0 Å². The van der Waals surface area contributed by atoms with Gasteiger partial charge in [0.25, 0.3) is 0 Å². The van der Waals surface area contributed by atoms with E-state index in [2.05, 4.69) is 6.92 Å². The minimum atomic E-state index is -1.32. The average molecular weight is 537 g/mol. The predicted octanol–water partition coefficient (Wildman–Crippen LogP) is 1.43. The van der Waals surface area contributed by atoms with Crippen molar-refractivity contribution in [1.82, 2.24) is 0 Å². The van der Waals surface area contributed by atoms with Crippen LogP contribution in [-0.2, 0) is 19.0 Å². The number of carbonyl (C=O) groups excluding carboxylic acids is 1. The van der Waals surface area contributed by atoms with Crippen LogP contribution in [0.1, 0.15) is 71.6 Å². The van der Waals surface area contributed by atoms with Gasteiger partial charge >= 0.3 is 5.97 Å². The van der Waals surface area contributed by atoms with Crippen molar-refractivity contribution in [3.8, 4) is 0 Å². The van der Waals surface area contributed by atoms with Gasteiger partial charge in [-0.3, -0.25) is 0 Å². The van der Waals surface area contributed by atoms with E-state index in [4.69, 9.17) is 14.2 Å². The second-order valence-electron chi connectivity index (χ2n) is 13.4. The number of ether oxygens (including phenoxy) is 3. The first kappa shape index (κ1) is 27.1. The zero-order valence-corrected chi connectivity index (χ0v) is 22.5. The minimum Gasteiger partial charge on any atom is -0.458 e. The molecule has 0 spiro atoms. The standard InChI is InChI=1S/C29H44O9/c1-15-23(32)24(33)25(34)26(37-15)38-18-5-9-28(14-30)17(12-18)3-4-21-20(28)6-8-27(2)19(7-10-29(21,27)35)16-11-22(31)36-13-16/h11,15,17-21,23-26,30,32-35H,3-10,12-14H2,1-2H3/t15-,17-,18+,19-,20+,21-,23-,24-,25-,26+,27-,28-,29+/m1/s1. The molecule has 0 aromatic heterocycles. The van der Waals surface area contributed by atoms with Crippen LogP contribution in [-0.4, -0.2) is 87.1 Å². The predicted molar refractivity (Wildman–Crippen MR) is 134 cm³/mol. The summed E-state index contributed by atoms with van der Waals surface area (Å²) in [4.78, 5) is 11.8. The molecular weight excluding hydrogens is 492 g/mol. The van der Waals surface area contributed by atoms with Crippen molar-refractivity contribution in [2.75, 3.05) is 13.2 Å². The molecule has 4 aliphatic carbocycles. The lowest BCUT2D eigenvalue weighted by molar-refractivity contribution is -0.311. The molecule has 214 valence electrons. The Morgan fingerprint density at radius 2 is 1.79 bits per heavy atom. The number of rotatable bonds is 4. The second kappa shape index (κ2) is 9.50. The summed E-state index contributed by atoms with van der Waals surface area (Å²) in [6.45, 7) is 4.27. The van der Waals surface area contributed by atoms with E-state index in [9.17, 15) is 30.3 Å². The van der Waals surface area contributed by atoms with E-state index >= 15 is 0 Å². The molecule has 0 bridgehead atoms. The van der Waals surface area contributed by atoms with Crippen LogP contribution in [0.25, 0.3) is 0 Å². The van der Waals surface area contributed by atoms with Crippen LogP contribution < -0.4 is 0 Å². The normalized spacial score (nSPS) is 54.5. The maximum Gasteiger partial charge on any atom is 0.331 e. The molecule has 6 rings (SSSR count). The lowest BCUT2D eigenvalue weighted by atomic mass is 9.43. The Balaban J connectivity index is 1.19. The Morgan fingerprint density at radius 3 is 2.50 bits per heavy atom. The SMILES string of the molecule is C[C@H]1O[C@@H](O[C@H]2CC[C@@]3(CO)[C@H](CC[C@@H]4[C@@H]3CC[C@]3(C)[C@@H](C5=CC(=O)OC5)CC[C@]43O)C2)[C@H](O)[C@H](O)[C@@H]1O. The van der Waals surface area contributed by atoms with Crippen LogP contribution in [0.3, 0.4) is 0 Å². The summed E-state index contributed by atoms with van der Waals surface area (Å²) in [6, 6.07) is 0. The topological polar surface area (TPSA) is 146 Å². The van der Waals surface area contributed by atoms with Crippen LogP contribution in [0.5, 0.6) is 0 Å². The fourth-order valence-corrected chi connectivity index (χ4v) is 9.91. The summed E-state index contributed by atoms with van der Waals surface area (Å²) >= 11 is 0. The molecule has 13 atom stereocenters. The Bertz CT molecular complexity index is 970. The molecule has 9 nitrogen and oxygen atoms in total. The number of hydrogen-bond donors (Lipinski definition) is 5. The highest BCUT2D eigenvalue weighted by molar-refractivity contribution is 5.85. The molecule has 0 radical (unpaired) electrons. The highest BCUT2D eigenvalue weighted by atomic mass is 16.7. The second-order valence-corrected chi connectivity index (χ2v) is 13.4. The molecule has 5 fully saturated rings. The lowest BCUT2D eigenvalue weighted by Gasteiger charge is -2.64. The molecular formula is C29H44O9. The molecule has 0 amide bonds. The average Bonchev–Trinajstić information content (AvgIpc) is 3.45. The van der Waals surface area contributed by atoms with Gasteiger partial charge in [-0.15, -0.1) is 0 Å². The minimum absolute atomic E-state index is 0.0831. The van der Waals surface area contributed by atoms with Gasteiger partial charge in [0.15, 0.2) is 6.29 Å². The van der Waals surface area contributed by atoms with E-state index in [0.29, 0.717) is 19.4 Å². The van der Waals surface area contributed by atoms with Crippen molar-refractivity contribution in [2.45, 2.75) is 114 Å². The van der Waals surface area contributed by atoms with Crippen molar-refractivity contribution in [3.05, 3.63) is 11.6 Å². The maximum absolute atomic E-state index is 12.4. The Kier molecular flexibility index (Phi) is 6.78.